The fourth-order valence-corrected chi connectivity index (χ4v) is 3.93. The van der Waals surface area contributed by atoms with Crippen molar-refractivity contribution in [3.63, 3.8) is 0 Å². The summed E-state index contributed by atoms with van der Waals surface area (Å²) in [6, 6.07) is 9.78. The van der Waals surface area contributed by atoms with Gasteiger partial charge in [-0.15, -0.1) is 11.3 Å². The van der Waals surface area contributed by atoms with Crippen LogP contribution in [0.25, 0.3) is 10.1 Å². The number of benzene rings is 1. The summed E-state index contributed by atoms with van der Waals surface area (Å²) in [5.74, 6) is -0.843. The smallest absolute Gasteiger partial charge is 0.311 e. The maximum atomic E-state index is 12.6. The first-order valence-corrected chi connectivity index (χ1v) is 7.89. The number of aliphatic carboxylic acids is 1. The van der Waals surface area contributed by atoms with Crippen LogP contribution < -0.4 is 0 Å². The highest BCUT2D eigenvalue weighted by molar-refractivity contribution is 7.20. The van der Waals surface area contributed by atoms with Crippen molar-refractivity contribution in [1.29, 1.82) is 0 Å². The molecule has 1 saturated heterocycles. The molecule has 1 aromatic heterocycles. The lowest BCUT2D eigenvalue weighted by atomic mass is 9.84. The van der Waals surface area contributed by atoms with E-state index in [9.17, 15) is 14.7 Å². The molecule has 5 heteroatoms. The normalized spacial score (nSPS) is 21.9. The number of hydrogen-bond donors (Lipinski definition) is 1. The third-order valence-corrected chi connectivity index (χ3v) is 5.51. The lowest BCUT2D eigenvalue weighted by molar-refractivity contribution is -0.148. The molecule has 21 heavy (non-hydrogen) atoms. The van der Waals surface area contributed by atoms with Gasteiger partial charge in [-0.2, -0.15) is 0 Å². The van der Waals surface area contributed by atoms with Gasteiger partial charge in [0, 0.05) is 17.8 Å². The minimum absolute atomic E-state index is 0.0484. The second-order valence-electron chi connectivity index (χ2n) is 5.56. The summed E-state index contributed by atoms with van der Waals surface area (Å²) in [5, 5.41) is 10.5. The van der Waals surface area contributed by atoms with Crippen LogP contribution in [0.3, 0.4) is 0 Å². The minimum atomic E-state index is -0.795. The van der Waals surface area contributed by atoms with Gasteiger partial charge in [0.1, 0.15) is 0 Å². The first kappa shape index (κ1) is 14.1. The summed E-state index contributed by atoms with van der Waals surface area (Å²) in [6.07, 6.45) is 1.09. The Bertz CT molecular complexity index is 675. The van der Waals surface area contributed by atoms with Gasteiger partial charge < -0.3 is 10.0 Å². The van der Waals surface area contributed by atoms with Gasteiger partial charge in [0.2, 0.25) is 0 Å². The van der Waals surface area contributed by atoms with Crippen molar-refractivity contribution in [3.8, 4) is 0 Å². The molecule has 1 aromatic carbocycles. The van der Waals surface area contributed by atoms with Crippen molar-refractivity contribution in [2.75, 3.05) is 13.1 Å². The third kappa shape index (κ3) is 2.31. The summed E-state index contributed by atoms with van der Waals surface area (Å²) in [5.41, 5.74) is -0.771. The first-order valence-electron chi connectivity index (χ1n) is 7.07. The Labute approximate surface area is 127 Å². The number of fused-ring (bicyclic) bond motifs is 1. The van der Waals surface area contributed by atoms with Crippen LogP contribution in [0.5, 0.6) is 0 Å². The van der Waals surface area contributed by atoms with Crippen LogP contribution >= 0.6 is 11.3 Å². The largest absolute Gasteiger partial charge is 0.481 e. The zero-order valence-corrected chi connectivity index (χ0v) is 12.7. The summed E-state index contributed by atoms with van der Waals surface area (Å²) >= 11 is 1.47. The molecule has 1 fully saturated rings. The molecule has 0 spiro atoms. The quantitative estimate of drug-likeness (QED) is 0.947. The molecule has 1 aliphatic heterocycles. The number of rotatable bonds is 3. The van der Waals surface area contributed by atoms with Gasteiger partial charge in [0.15, 0.2) is 0 Å². The molecule has 3 rings (SSSR count). The van der Waals surface area contributed by atoms with E-state index in [1.807, 2.05) is 37.3 Å². The molecular formula is C16H17NO3S. The van der Waals surface area contributed by atoms with Crippen molar-refractivity contribution >= 4 is 33.3 Å². The molecule has 1 N–H and O–H groups in total. The van der Waals surface area contributed by atoms with E-state index in [0.29, 0.717) is 30.8 Å². The van der Waals surface area contributed by atoms with E-state index >= 15 is 0 Å². The lowest BCUT2D eigenvalue weighted by Crippen LogP contribution is -2.36. The van der Waals surface area contributed by atoms with E-state index in [0.717, 1.165) is 10.1 Å². The summed E-state index contributed by atoms with van der Waals surface area (Å²) in [4.78, 5) is 26.4. The topological polar surface area (TPSA) is 57.6 Å². The zero-order valence-electron chi connectivity index (χ0n) is 11.8. The number of thiophene rings is 1. The molecule has 2 heterocycles. The van der Waals surface area contributed by atoms with Crippen molar-refractivity contribution < 1.29 is 14.7 Å². The van der Waals surface area contributed by atoms with Crippen LogP contribution in [-0.2, 0) is 4.79 Å². The molecular weight excluding hydrogens is 286 g/mol. The van der Waals surface area contributed by atoms with Gasteiger partial charge in [-0.3, -0.25) is 9.59 Å². The average molecular weight is 303 g/mol. The monoisotopic (exact) mass is 303 g/mol. The standard InChI is InChI=1S/C16H17NO3S/c1-2-16(15(19)20)7-8-17(10-16)14(18)13-9-11-5-3-4-6-12(11)21-13/h3-6,9H,2,7-8,10H2,1H3,(H,19,20). The number of likely N-dealkylation sites (tertiary alicyclic amines) is 1. The van der Waals surface area contributed by atoms with E-state index in [1.165, 1.54) is 11.3 Å². The molecule has 0 radical (unpaired) electrons. The Morgan fingerprint density at radius 1 is 1.38 bits per heavy atom. The number of carbonyl (C=O) groups is 2. The Balaban J connectivity index is 1.85. The molecule has 4 nitrogen and oxygen atoms in total. The second-order valence-corrected chi connectivity index (χ2v) is 6.65. The molecule has 1 amide bonds. The Kier molecular flexibility index (Phi) is 3.45. The fraction of sp³-hybridized carbons (Fsp3) is 0.375. The van der Waals surface area contributed by atoms with E-state index in [2.05, 4.69) is 0 Å². The SMILES string of the molecule is CCC1(C(=O)O)CCN(C(=O)c2cc3ccccc3s2)C1. The number of carboxylic acids is 1. The summed E-state index contributed by atoms with van der Waals surface area (Å²) in [6.45, 7) is 2.71. The molecule has 110 valence electrons. The number of hydrogen-bond acceptors (Lipinski definition) is 3. The number of nitrogens with zero attached hydrogens (tertiary/aromatic N) is 1. The highest BCUT2D eigenvalue weighted by Crippen LogP contribution is 2.36. The van der Waals surface area contributed by atoms with E-state index in [4.69, 9.17) is 0 Å². The zero-order chi connectivity index (χ0) is 15.0. The van der Waals surface area contributed by atoms with E-state index in [-0.39, 0.29) is 5.91 Å². The maximum Gasteiger partial charge on any atom is 0.311 e. The minimum Gasteiger partial charge on any atom is -0.481 e. The van der Waals surface area contributed by atoms with Crippen LogP contribution in [0.15, 0.2) is 30.3 Å². The molecule has 0 saturated carbocycles. The predicted octanol–water partition coefficient (Wildman–Crippen LogP) is 3.23. The van der Waals surface area contributed by atoms with Crippen molar-refractivity contribution in [2.24, 2.45) is 5.41 Å². The van der Waals surface area contributed by atoms with Gasteiger partial charge in [0.05, 0.1) is 10.3 Å². The maximum absolute atomic E-state index is 12.6. The van der Waals surface area contributed by atoms with Crippen molar-refractivity contribution in [3.05, 3.63) is 35.2 Å². The average Bonchev–Trinajstić information content (AvgIpc) is 3.11. The number of amides is 1. The van der Waals surface area contributed by atoms with Gasteiger partial charge in [-0.1, -0.05) is 25.1 Å². The molecule has 0 aliphatic carbocycles. The van der Waals surface area contributed by atoms with Gasteiger partial charge >= 0.3 is 5.97 Å². The van der Waals surface area contributed by atoms with Crippen LogP contribution in [0.1, 0.15) is 29.4 Å². The molecule has 1 aliphatic rings. The van der Waals surface area contributed by atoms with Crippen LogP contribution in [0.2, 0.25) is 0 Å². The fourth-order valence-electron chi connectivity index (χ4n) is 2.90. The van der Waals surface area contributed by atoms with Crippen LogP contribution in [0.4, 0.5) is 0 Å². The summed E-state index contributed by atoms with van der Waals surface area (Å²) in [7, 11) is 0. The first-order chi connectivity index (χ1) is 10.1. The predicted molar refractivity (Wildman–Crippen MR) is 82.7 cm³/mol. The van der Waals surface area contributed by atoms with Crippen LogP contribution in [-0.4, -0.2) is 35.0 Å². The van der Waals surface area contributed by atoms with Gasteiger partial charge in [0.25, 0.3) is 5.91 Å². The van der Waals surface area contributed by atoms with Gasteiger partial charge in [-0.25, -0.2) is 0 Å². The highest BCUT2D eigenvalue weighted by Gasteiger charge is 2.45. The van der Waals surface area contributed by atoms with Crippen molar-refractivity contribution in [1.82, 2.24) is 4.90 Å². The molecule has 2 aromatic rings. The van der Waals surface area contributed by atoms with E-state index < -0.39 is 11.4 Å². The molecule has 1 unspecified atom stereocenters. The Morgan fingerprint density at radius 2 is 2.14 bits per heavy atom. The van der Waals surface area contributed by atoms with Gasteiger partial charge in [-0.05, 0) is 30.4 Å². The number of carbonyl (C=O) groups excluding carboxylic acids is 1. The lowest BCUT2D eigenvalue weighted by Gasteiger charge is -2.22. The third-order valence-electron chi connectivity index (χ3n) is 4.41. The highest BCUT2D eigenvalue weighted by atomic mass is 32.1. The second kappa shape index (κ2) is 5.15. The Hall–Kier alpha value is -1.88. The molecule has 0 bridgehead atoms. The van der Waals surface area contributed by atoms with Crippen molar-refractivity contribution in [2.45, 2.75) is 19.8 Å². The Morgan fingerprint density at radius 3 is 2.76 bits per heavy atom. The van der Waals surface area contributed by atoms with E-state index in [1.54, 1.807) is 4.90 Å². The number of carboxylic acid groups (broad SMARTS) is 1. The summed E-state index contributed by atoms with van der Waals surface area (Å²) < 4.78 is 1.08. The van der Waals surface area contributed by atoms with Crippen LogP contribution in [0, 0.1) is 5.41 Å². The molecule has 1 atom stereocenters.